The average molecular weight is 348 g/mol. The number of nitrogens with one attached hydrogen (secondary N) is 1. The third-order valence-electron chi connectivity index (χ3n) is 3.65. The third kappa shape index (κ3) is 3.50. The molecule has 1 aromatic carbocycles. The van der Waals surface area contributed by atoms with Gasteiger partial charge in [0.1, 0.15) is 0 Å². The Balaban J connectivity index is 2.13. The van der Waals surface area contributed by atoms with E-state index in [1.165, 1.54) is 0 Å². The molecule has 21 heavy (non-hydrogen) atoms. The summed E-state index contributed by atoms with van der Waals surface area (Å²) in [5.41, 5.74) is 4.22. The highest BCUT2D eigenvalue weighted by atomic mass is 79.9. The quantitative estimate of drug-likeness (QED) is 0.905. The summed E-state index contributed by atoms with van der Waals surface area (Å²) in [6.07, 6.45) is 2.45. The van der Waals surface area contributed by atoms with Crippen LogP contribution in [0.1, 0.15) is 36.2 Å². The molecule has 2 rings (SSSR count). The van der Waals surface area contributed by atoms with Gasteiger partial charge in [0, 0.05) is 28.6 Å². The fraction of sp³-hybridized carbons (Fsp3) is 0.294. The van der Waals surface area contributed by atoms with Crippen molar-refractivity contribution in [3.8, 4) is 0 Å². The van der Waals surface area contributed by atoms with Gasteiger partial charge >= 0.3 is 0 Å². The number of halogens is 1. The maximum atomic E-state index is 12.3. The molecule has 0 saturated carbocycles. The number of Topliss-reactive ketones (excluding diaryl/α,β-unsaturated/α-hetero) is 1. The Morgan fingerprint density at radius 2 is 2.00 bits per heavy atom. The zero-order valence-corrected chi connectivity index (χ0v) is 14.0. The molecule has 0 spiro atoms. The minimum Gasteiger partial charge on any atom is -0.348 e. The van der Waals surface area contributed by atoms with Crippen LogP contribution in [0.3, 0.4) is 0 Å². The molecule has 3 nitrogen and oxygen atoms in total. The fourth-order valence-electron chi connectivity index (χ4n) is 2.44. The van der Waals surface area contributed by atoms with Gasteiger partial charge in [-0.15, -0.1) is 0 Å². The van der Waals surface area contributed by atoms with Gasteiger partial charge in [-0.05, 0) is 44.0 Å². The van der Waals surface area contributed by atoms with E-state index in [1.807, 2.05) is 39.0 Å². The van der Waals surface area contributed by atoms with Gasteiger partial charge in [0.15, 0.2) is 5.78 Å². The number of hydrogen-bond donors (Lipinski definition) is 1. The van der Waals surface area contributed by atoms with Crippen LogP contribution >= 0.6 is 15.9 Å². The van der Waals surface area contributed by atoms with Crippen molar-refractivity contribution in [2.45, 2.75) is 27.2 Å². The summed E-state index contributed by atoms with van der Waals surface area (Å²) in [6, 6.07) is 5.51. The molecule has 1 N–H and O–H groups in total. The van der Waals surface area contributed by atoms with Gasteiger partial charge < -0.3 is 5.32 Å². The SMILES string of the molecule is CC1=CC(C)=C(CNC(=O)c2cccc(Br)c2C)C(=O)C1. The van der Waals surface area contributed by atoms with Crippen LogP contribution < -0.4 is 5.32 Å². The molecule has 0 aliphatic heterocycles. The molecule has 1 aliphatic carbocycles. The zero-order valence-electron chi connectivity index (χ0n) is 12.4. The summed E-state index contributed by atoms with van der Waals surface area (Å²) in [5, 5.41) is 2.84. The summed E-state index contributed by atoms with van der Waals surface area (Å²) in [7, 11) is 0. The van der Waals surface area contributed by atoms with Crippen LogP contribution in [-0.4, -0.2) is 18.2 Å². The van der Waals surface area contributed by atoms with Crippen molar-refractivity contribution >= 4 is 27.6 Å². The topological polar surface area (TPSA) is 46.2 Å². The van der Waals surface area contributed by atoms with E-state index in [4.69, 9.17) is 0 Å². The van der Waals surface area contributed by atoms with Crippen LogP contribution in [0.25, 0.3) is 0 Å². The van der Waals surface area contributed by atoms with E-state index in [1.54, 1.807) is 6.07 Å². The van der Waals surface area contributed by atoms with Gasteiger partial charge in [-0.2, -0.15) is 0 Å². The number of amides is 1. The van der Waals surface area contributed by atoms with Gasteiger partial charge in [0.25, 0.3) is 5.91 Å². The van der Waals surface area contributed by atoms with Crippen molar-refractivity contribution in [1.29, 1.82) is 0 Å². The lowest BCUT2D eigenvalue weighted by atomic mass is 9.92. The zero-order chi connectivity index (χ0) is 15.6. The molecule has 0 fully saturated rings. The van der Waals surface area contributed by atoms with Crippen molar-refractivity contribution < 1.29 is 9.59 Å². The maximum absolute atomic E-state index is 12.3. The van der Waals surface area contributed by atoms with E-state index in [2.05, 4.69) is 21.2 Å². The minimum atomic E-state index is -0.159. The number of ketones is 1. The molecule has 0 heterocycles. The van der Waals surface area contributed by atoms with E-state index in [0.29, 0.717) is 17.6 Å². The first-order chi connectivity index (χ1) is 9.90. The van der Waals surface area contributed by atoms with Crippen LogP contribution in [0, 0.1) is 6.92 Å². The molecule has 0 saturated heterocycles. The van der Waals surface area contributed by atoms with Gasteiger partial charge in [-0.25, -0.2) is 0 Å². The smallest absolute Gasteiger partial charge is 0.251 e. The largest absolute Gasteiger partial charge is 0.348 e. The molecule has 0 bridgehead atoms. The lowest BCUT2D eigenvalue weighted by Gasteiger charge is -2.16. The molecule has 0 atom stereocenters. The number of allylic oxidation sites excluding steroid dienone is 3. The molecule has 1 aromatic rings. The summed E-state index contributed by atoms with van der Waals surface area (Å²) < 4.78 is 0.901. The second kappa shape index (κ2) is 6.39. The molecular weight excluding hydrogens is 330 g/mol. The van der Waals surface area contributed by atoms with Crippen LogP contribution in [0.5, 0.6) is 0 Å². The van der Waals surface area contributed by atoms with E-state index in [-0.39, 0.29) is 18.2 Å². The summed E-state index contributed by atoms with van der Waals surface area (Å²) in [5.74, 6) is -0.0630. The highest BCUT2D eigenvalue weighted by Gasteiger charge is 2.18. The number of carbonyl (C=O) groups is 2. The van der Waals surface area contributed by atoms with E-state index >= 15 is 0 Å². The highest BCUT2D eigenvalue weighted by Crippen LogP contribution is 2.21. The maximum Gasteiger partial charge on any atom is 0.251 e. The van der Waals surface area contributed by atoms with E-state index in [0.717, 1.165) is 21.2 Å². The van der Waals surface area contributed by atoms with Crippen LogP contribution in [-0.2, 0) is 4.79 Å². The summed E-state index contributed by atoms with van der Waals surface area (Å²) >= 11 is 3.42. The Morgan fingerprint density at radius 3 is 2.67 bits per heavy atom. The van der Waals surface area contributed by atoms with Gasteiger partial charge in [0.2, 0.25) is 0 Å². The van der Waals surface area contributed by atoms with Crippen molar-refractivity contribution in [2.75, 3.05) is 6.54 Å². The molecular formula is C17H18BrNO2. The predicted octanol–water partition coefficient (Wildman–Crippen LogP) is 3.72. The summed E-state index contributed by atoms with van der Waals surface area (Å²) in [6.45, 7) is 6.02. The lowest BCUT2D eigenvalue weighted by Crippen LogP contribution is -2.29. The minimum absolute atomic E-state index is 0.0961. The Morgan fingerprint density at radius 1 is 1.29 bits per heavy atom. The monoisotopic (exact) mass is 347 g/mol. The Bertz CT molecular complexity index is 671. The average Bonchev–Trinajstić information content (AvgIpc) is 2.40. The Labute approximate surface area is 133 Å². The van der Waals surface area contributed by atoms with Crippen molar-refractivity contribution in [2.24, 2.45) is 0 Å². The van der Waals surface area contributed by atoms with Gasteiger partial charge in [-0.1, -0.05) is 33.6 Å². The summed E-state index contributed by atoms with van der Waals surface area (Å²) in [4.78, 5) is 24.3. The third-order valence-corrected chi connectivity index (χ3v) is 4.51. The van der Waals surface area contributed by atoms with Crippen LogP contribution in [0.2, 0.25) is 0 Å². The van der Waals surface area contributed by atoms with E-state index < -0.39 is 0 Å². The van der Waals surface area contributed by atoms with Crippen molar-refractivity contribution in [3.05, 3.63) is 56.6 Å². The first-order valence-corrected chi connectivity index (χ1v) is 7.63. The Hall–Kier alpha value is -1.68. The number of benzene rings is 1. The molecule has 0 aromatic heterocycles. The molecule has 1 aliphatic rings. The number of rotatable bonds is 3. The normalized spacial score (nSPS) is 15.0. The molecule has 110 valence electrons. The predicted molar refractivity (Wildman–Crippen MR) is 87.3 cm³/mol. The number of carbonyl (C=O) groups excluding carboxylic acids is 2. The van der Waals surface area contributed by atoms with Crippen LogP contribution in [0.15, 0.2) is 45.5 Å². The first-order valence-electron chi connectivity index (χ1n) is 6.83. The molecule has 1 amide bonds. The molecule has 0 unspecified atom stereocenters. The molecule has 0 radical (unpaired) electrons. The second-order valence-electron chi connectivity index (χ2n) is 5.35. The second-order valence-corrected chi connectivity index (χ2v) is 6.20. The molecule has 4 heteroatoms. The van der Waals surface area contributed by atoms with Gasteiger partial charge in [-0.3, -0.25) is 9.59 Å². The van der Waals surface area contributed by atoms with Crippen LogP contribution in [0.4, 0.5) is 0 Å². The van der Waals surface area contributed by atoms with Crippen molar-refractivity contribution in [3.63, 3.8) is 0 Å². The Kier molecular flexibility index (Phi) is 4.78. The fourth-order valence-corrected chi connectivity index (χ4v) is 2.81. The van der Waals surface area contributed by atoms with Gasteiger partial charge in [0.05, 0.1) is 0 Å². The van der Waals surface area contributed by atoms with E-state index in [9.17, 15) is 9.59 Å². The van der Waals surface area contributed by atoms with Crippen molar-refractivity contribution in [1.82, 2.24) is 5.32 Å². The number of hydrogen-bond acceptors (Lipinski definition) is 2. The standard InChI is InChI=1S/C17H18BrNO2/c1-10-7-11(2)14(16(20)8-10)9-19-17(21)13-5-4-6-15(18)12(13)3/h4-7H,8-9H2,1-3H3,(H,19,21). The lowest BCUT2D eigenvalue weighted by molar-refractivity contribution is -0.115. The highest BCUT2D eigenvalue weighted by molar-refractivity contribution is 9.10. The first kappa shape index (κ1) is 15.7.